The molecule has 0 aromatic heterocycles. The zero-order valence-corrected chi connectivity index (χ0v) is 16.5. The van der Waals surface area contributed by atoms with Crippen molar-refractivity contribution in [3.05, 3.63) is 69.7 Å². The number of carbonyl (C=O) groups excluding carboxylic acids is 2. The fraction of sp³-hybridized carbons (Fsp3) is 0.333. The van der Waals surface area contributed by atoms with E-state index in [9.17, 15) is 9.59 Å². The van der Waals surface area contributed by atoms with E-state index in [4.69, 9.17) is 4.74 Å². The van der Waals surface area contributed by atoms with Crippen LogP contribution in [0.25, 0.3) is 0 Å². The lowest BCUT2D eigenvalue weighted by Gasteiger charge is -2.18. The number of amides is 1. The highest BCUT2D eigenvalue weighted by Crippen LogP contribution is 2.48. The number of hydrogen-bond acceptors (Lipinski definition) is 3. The molecule has 1 fully saturated rings. The third-order valence-electron chi connectivity index (χ3n) is 4.82. The molecule has 1 amide bonds. The summed E-state index contributed by atoms with van der Waals surface area (Å²) in [5.41, 5.74) is 3.22. The van der Waals surface area contributed by atoms with Crippen molar-refractivity contribution in [3.8, 4) is 0 Å². The minimum absolute atomic E-state index is 0.00704. The monoisotopic (exact) mass is 415 g/mol. The van der Waals surface area contributed by atoms with Gasteiger partial charge in [0.15, 0.2) is 0 Å². The van der Waals surface area contributed by atoms with Crippen LogP contribution in [0.1, 0.15) is 41.5 Å². The molecule has 3 unspecified atom stereocenters. The summed E-state index contributed by atoms with van der Waals surface area (Å²) in [6.07, 6.45) is 0.966. The van der Waals surface area contributed by atoms with E-state index in [2.05, 4.69) is 21.2 Å². The Bertz CT molecular complexity index is 786. The van der Waals surface area contributed by atoms with Gasteiger partial charge in [-0.15, -0.1) is 0 Å². The van der Waals surface area contributed by atoms with Gasteiger partial charge in [-0.25, -0.2) is 0 Å². The smallest absolute Gasteiger partial charge is 0.307 e. The van der Waals surface area contributed by atoms with Gasteiger partial charge in [-0.1, -0.05) is 57.9 Å². The highest BCUT2D eigenvalue weighted by molar-refractivity contribution is 9.10. The Morgan fingerprint density at radius 2 is 1.81 bits per heavy atom. The molecule has 0 aliphatic heterocycles. The molecule has 1 aliphatic rings. The number of benzene rings is 2. The van der Waals surface area contributed by atoms with E-state index in [1.165, 1.54) is 12.7 Å². The molecule has 2 aromatic carbocycles. The first-order valence-electron chi connectivity index (χ1n) is 8.67. The Kier molecular flexibility index (Phi) is 5.77. The van der Waals surface area contributed by atoms with E-state index in [-0.39, 0.29) is 36.2 Å². The summed E-state index contributed by atoms with van der Waals surface area (Å²) in [4.78, 5) is 24.5. The van der Waals surface area contributed by atoms with E-state index in [0.29, 0.717) is 0 Å². The van der Waals surface area contributed by atoms with Crippen LogP contribution in [-0.4, -0.2) is 19.0 Å². The van der Waals surface area contributed by atoms with Gasteiger partial charge in [0.05, 0.1) is 19.6 Å². The molecule has 0 spiro atoms. The van der Waals surface area contributed by atoms with E-state index >= 15 is 0 Å². The minimum atomic E-state index is -0.373. The summed E-state index contributed by atoms with van der Waals surface area (Å²) < 4.78 is 5.82. The van der Waals surface area contributed by atoms with Crippen LogP contribution in [0.15, 0.2) is 53.0 Å². The first kappa shape index (κ1) is 18.6. The zero-order chi connectivity index (χ0) is 18.7. The van der Waals surface area contributed by atoms with Gasteiger partial charge in [0, 0.05) is 10.4 Å². The number of rotatable bonds is 6. The summed E-state index contributed by atoms with van der Waals surface area (Å²) in [5, 5.41) is 3.04. The van der Waals surface area contributed by atoms with E-state index in [1.54, 1.807) is 0 Å². The summed E-state index contributed by atoms with van der Waals surface area (Å²) in [7, 11) is 1.36. The van der Waals surface area contributed by atoms with Crippen LogP contribution in [-0.2, 0) is 14.3 Å². The Hall–Kier alpha value is -2.14. The molecule has 0 radical (unpaired) electrons. The van der Waals surface area contributed by atoms with Gasteiger partial charge in [-0.3, -0.25) is 9.59 Å². The van der Waals surface area contributed by atoms with Crippen molar-refractivity contribution in [1.82, 2.24) is 5.32 Å². The second kappa shape index (κ2) is 8.04. The van der Waals surface area contributed by atoms with Gasteiger partial charge in [0.2, 0.25) is 5.91 Å². The molecule has 4 nitrogen and oxygen atoms in total. The molecule has 1 N–H and O–H groups in total. The second-order valence-corrected chi connectivity index (χ2v) is 7.67. The summed E-state index contributed by atoms with van der Waals surface area (Å²) in [6.45, 7) is 2.00. The number of hydrogen-bond donors (Lipinski definition) is 1. The molecule has 3 atom stereocenters. The van der Waals surface area contributed by atoms with Crippen LogP contribution in [0.3, 0.4) is 0 Å². The first-order chi connectivity index (χ1) is 12.5. The predicted octanol–water partition coefficient (Wildman–Crippen LogP) is 4.28. The van der Waals surface area contributed by atoms with E-state index < -0.39 is 0 Å². The van der Waals surface area contributed by atoms with Crippen LogP contribution >= 0.6 is 15.9 Å². The fourth-order valence-electron chi connectivity index (χ4n) is 3.14. The van der Waals surface area contributed by atoms with Crippen molar-refractivity contribution in [2.75, 3.05) is 7.11 Å². The number of aryl methyl sites for hydroxylation is 1. The molecule has 5 heteroatoms. The van der Waals surface area contributed by atoms with Gasteiger partial charge in [-0.2, -0.15) is 0 Å². The molecule has 2 aromatic rings. The summed E-state index contributed by atoms with van der Waals surface area (Å²) in [6, 6.07) is 15.6. The number of methoxy groups -OCH3 is 1. The van der Waals surface area contributed by atoms with Crippen LogP contribution in [0.2, 0.25) is 0 Å². The maximum atomic E-state index is 12.7. The fourth-order valence-corrected chi connectivity index (χ4v) is 3.41. The lowest BCUT2D eigenvalue weighted by Crippen LogP contribution is -2.32. The highest BCUT2D eigenvalue weighted by Gasteiger charge is 2.44. The SMILES string of the molecule is COC(=O)CC(NC(=O)C1CC1c1ccc(Br)cc1)c1ccc(C)cc1. The summed E-state index contributed by atoms with van der Waals surface area (Å²) in [5.74, 6) is -0.134. The molecular weight excluding hydrogens is 394 g/mol. The Balaban J connectivity index is 1.68. The molecule has 0 heterocycles. The van der Waals surface area contributed by atoms with Crippen molar-refractivity contribution in [3.63, 3.8) is 0 Å². The minimum Gasteiger partial charge on any atom is -0.469 e. The van der Waals surface area contributed by atoms with Gasteiger partial charge in [0.1, 0.15) is 0 Å². The van der Waals surface area contributed by atoms with Crippen LogP contribution < -0.4 is 5.32 Å². The summed E-state index contributed by atoms with van der Waals surface area (Å²) >= 11 is 3.43. The largest absolute Gasteiger partial charge is 0.469 e. The van der Waals surface area contributed by atoms with Crippen molar-refractivity contribution in [2.45, 2.75) is 31.7 Å². The van der Waals surface area contributed by atoms with Gasteiger partial charge in [0.25, 0.3) is 0 Å². The van der Waals surface area contributed by atoms with Crippen molar-refractivity contribution in [1.29, 1.82) is 0 Å². The lowest BCUT2D eigenvalue weighted by molar-refractivity contribution is -0.141. The van der Waals surface area contributed by atoms with Crippen molar-refractivity contribution < 1.29 is 14.3 Å². The van der Waals surface area contributed by atoms with E-state index in [0.717, 1.165) is 22.0 Å². The number of nitrogens with one attached hydrogen (secondary N) is 1. The standard InChI is InChI=1S/C21H22BrNO3/c1-13-3-5-15(6-4-13)19(12-20(24)26-2)23-21(25)18-11-17(18)14-7-9-16(22)10-8-14/h3-10,17-19H,11-12H2,1-2H3,(H,23,25). The Morgan fingerprint density at radius 1 is 1.15 bits per heavy atom. The van der Waals surface area contributed by atoms with Gasteiger partial charge < -0.3 is 10.1 Å². The molecule has 1 saturated carbocycles. The maximum Gasteiger partial charge on any atom is 0.307 e. The molecule has 0 bridgehead atoms. The van der Waals surface area contributed by atoms with Crippen molar-refractivity contribution in [2.24, 2.45) is 5.92 Å². The topological polar surface area (TPSA) is 55.4 Å². The molecule has 1 aliphatic carbocycles. The molecule has 0 saturated heterocycles. The number of ether oxygens (including phenoxy) is 1. The molecule has 136 valence electrons. The zero-order valence-electron chi connectivity index (χ0n) is 14.9. The predicted molar refractivity (Wildman–Crippen MR) is 104 cm³/mol. The molecule has 26 heavy (non-hydrogen) atoms. The van der Waals surface area contributed by atoms with Crippen LogP contribution in [0.4, 0.5) is 0 Å². The first-order valence-corrected chi connectivity index (χ1v) is 9.46. The number of halogens is 1. The number of carbonyl (C=O) groups is 2. The Labute approximate surface area is 162 Å². The number of esters is 1. The van der Waals surface area contributed by atoms with Gasteiger partial charge in [-0.05, 0) is 42.5 Å². The van der Waals surface area contributed by atoms with E-state index in [1.807, 2.05) is 55.5 Å². The van der Waals surface area contributed by atoms with Gasteiger partial charge >= 0.3 is 5.97 Å². The normalized spacial score (nSPS) is 19.5. The Morgan fingerprint density at radius 3 is 2.42 bits per heavy atom. The van der Waals surface area contributed by atoms with Crippen LogP contribution in [0, 0.1) is 12.8 Å². The average Bonchev–Trinajstić information content (AvgIpc) is 3.43. The lowest BCUT2D eigenvalue weighted by atomic mass is 10.0. The molecule has 3 rings (SSSR count). The third kappa shape index (κ3) is 4.52. The highest BCUT2D eigenvalue weighted by atomic mass is 79.9. The average molecular weight is 416 g/mol. The third-order valence-corrected chi connectivity index (χ3v) is 5.35. The van der Waals surface area contributed by atoms with Crippen molar-refractivity contribution >= 4 is 27.8 Å². The maximum absolute atomic E-state index is 12.7. The molecular formula is C21H22BrNO3. The quantitative estimate of drug-likeness (QED) is 0.716. The van der Waals surface area contributed by atoms with Crippen LogP contribution in [0.5, 0.6) is 0 Å². The second-order valence-electron chi connectivity index (χ2n) is 6.75.